The summed E-state index contributed by atoms with van der Waals surface area (Å²) < 4.78 is 36.4. The van der Waals surface area contributed by atoms with Crippen LogP contribution in [0, 0.1) is 0 Å². The number of carbonyl (C=O) groups excluding carboxylic acids is 2. The van der Waals surface area contributed by atoms with Crippen LogP contribution in [0.25, 0.3) is 22.2 Å². The van der Waals surface area contributed by atoms with E-state index >= 15 is 4.79 Å². The number of nitrogens with zero attached hydrogens (tertiary/aromatic N) is 4. The average Bonchev–Trinajstić information content (AvgIpc) is 3.47. The fourth-order valence-electron chi connectivity index (χ4n) is 9.43. The third-order valence-corrected chi connectivity index (χ3v) is 13.3. The maximum atomic E-state index is 15.2. The zero-order valence-electron chi connectivity index (χ0n) is 27.8. The summed E-state index contributed by atoms with van der Waals surface area (Å²) in [6, 6.07) is 12.3. The van der Waals surface area contributed by atoms with E-state index in [-0.39, 0.29) is 23.4 Å². The van der Waals surface area contributed by atoms with Crippen molar-refractivity contribution in [3.63, 3.8) is 0 Å². The fourth-order valence-corrected chi connectivity index (χ4v) is 9.97. The van der Waals surface area contributed by atoms with Crippen LogP contribution in [-0.4, -0.2) is 91.8 Å². The topological polar surface area (TPSA) is 104 Å². The lowest BCUT2D eigenvalue weighted by atomic mass is 9.80. The van der Waals surface area contributed by atoms with Crippen LogP contribution in [0.5, 0.6) is 5.75 Å². The number of carbonyl (C=O) groups is 2. The Hall–Kier alpha value is -3.41. The number of piperazine rings is 1. The van der Waals surface area contributed by atoms with Crippen molar-refractivity contribution in [3.05, 3.63) is 53.1 Å². The number of aromatic nitrogens is 1. The number of hydrogen-bond acceptors (Lipinski definition) is 6. The van der Waals surface area contributed by atoms with E-state index in [2.05, 4.69) is 38.1 Å². The summed E-state index contributed by atoms with van der Waals surface area (Å²) in [6.45, 7) is 4.91. The van der Waals surface area contributed by atoms with E-state index < -0.39 is 21.7 Å². The summed E-state index contributed by atoms with van der Waals surface area (Å²) in [4.78, 5) is 33.4. The summed E-state index contributed by atoms with van der Waals surface area (Å²) in [5.74, 6) is 0.565. The van der Waals surface area contributed by atoms with E-state index in [4.69, 9.17) is 4.74 Å². The van der Waals surface area contributed by atoms with Gasteiger partial charge < -0.3 is 14.2 Å². The number of hydrogen-bond donors (Lipinski definition) is 1. The first kappa shape index (κ1) is 30.9. The standard InChI is InChI=1S/C36H45N5O5S/c1-22-30-11-8-16-39(30)17-18-40(22)35(43)36-21-29(36)28-20-25(46-4)13-15-26(28)33-32(23-9-6-5-7-10-23)27-14-12-24(19-31(27)41(33)36)34(42)37-47(44,45)38(2)3/h12-15,19-20,22-23,29-30H,5-11,16-18,21H2,1-4H3,(H,37,42). The molecule has 2 amide bonds. The van der Waals surface area contributed by atoms with Gasteiger partial charge in [-0.25, -0.2) is 4.72 Å². The first-order valence-corrected chi connectivity index (χ1v) is 18.7. The third kappa shape index (κ3) is 4.59. The van der Waals surface area contributed by atoms with Crippen molar-refractivity contribution in [2.45, 2.75) is 87.7 Å². The van der Waals surface area contributed by atoms with Gasteiger partial charge in [0.15, 0.2) is 0 Å². The minimum atomic E-state index is -3.98. The Morgan fingerprint density at radius 1 is 0.979 bits per heavy atom. The van der Waals surface area contributed by atoms with Gasteiger partial charge in [-0.1, -0.05) is 25.3 Å². The fraction of sp³-hybridized carbons (Fsp3) is 0.556. The molecule has 3 aromatic rings. The number of nitrogens with one attached hydrogen (secondary N) is 1. The van der Waals surface area contributed by atoms with Gasteiger partial charge >= 0.3 is 10.2 Å². The van der Waals surface area contributed by atoms with Crippen LogP contribution in [-0.2, 0) is 20.5 Å². The number of benzene rings is 2. The van der Waals surface area contributed by atoms with E-state index in [1.807, 2.05) is 18.2 Å². The smallest absolute Gasteiger partial charge is 0.303 e. The first-order chi connectivity index (χ1) is 22.6. The largest absolute Gasteiger partial charge is 0.497 e. The molecule has 4 fully saturated rings. The first-order valence-electron chi connectivity index (χ1n) is 17.2. The van der Waals surface area contributed by atoms with Gasteiger partial charge in [0.05, 0.1) is 18.3 Å². The Kier molecular flexibility index (Phi) is 7.27. The quantitative estimate of drug-likeness (QED) is 0.408. The molecule has 1 N–H and O–H groups in total. The van der Waals surface area contributed by atoms with Crippen LogP contribution in [0.4, 0.5) is 0 Å². The molecule has 2 saturated carbocycles. The van der Waals surface area contributed by atoms with Gasteiger partial charge in [-0.3, -0.25) is 14.5 Å². The highest BCUT2D eigenvalue weighted by molar-refractivity contribution is 7.87. The minimum Gasteiger partial charge on any atom is -0.497 e. The zero-order chi connectivity index (χ0) is 32.8. The summed E-state index contributed by atoms with van der Waals surface area (Å²) >= 11 is 0. The van der Waals surface area contributed by atoms with Gasteiger partial charge in [0.25, 0.3) is 5.91 Å². The molecule has 8 rings (SSSR count). The molecule has 0 spiro atoms. The van der Waals surface area contributed by atoms with Crippen LogP contribution in [0.1, 0.15) is 91.6 Å². The van der Waals surface area contributed by atoms with Crippen LogP contribution in [0.15, 0.2) is 36.4 Å². The number of fused-ring (bicyclic) bond motifs is 9. The second-order valence-corrected chi connectivity index (χ2v) is 16.4. The summed E-state index contributed by atoms with van der Waals surface area (Å²) in [5, 5.41) is 1.05. The third-order valence-electron chi connectivity index (χ3n) is 11.9. The van der Waals surface area contributed by atoms with Gasteiger partial charge in [-0.2, -0.15) is 12.7 Å². The molecule has 4 heterocycles. The summed E-state index contributed by atoms with van der Waals surface area (Å²) in [7, 11) is 0.484. The van der Waals surface area contributed by atoms with Crippen molar-refractivity contribution in [3.8, 4) is 17.0 Å². The van der Waals surface area contributed by atoms with Gasteiger partial charge in [0, 0.05) is 61.7 Å². The van der Waals surface area contributed by atoms with Crippen molar-refractivity contribution in [2.24, 2.45) is 0 Å². The molecule has 0 radical (unpaired) electrons. The maximum Gasteiger partial charge on any atom is 0.303 e. The van der Waals surface area contributed by atoms with Crippen LogP contribution < -0.4 is 9.46 Å². The normalized spacial score (nSPS) is 27.3. The van der Waals surface area contributed by atoms with Crippen LogP contribution in [0.3, 0.4) is 0 Å². The number of amides is 2. The molecule has 0 bridgehead atoms. The van der Waals surface area contributed by atoms with Crippen LogP contribution in [0.2, 0.25) is 0 Å². The number of rotatable bonds is 6. The lowest BCUT2D eigenvalue weighted by Crippen LogP contribution is -2.60. The van der Waals surface area contributed by atoms with Gasteiger partial charge in [-0.05, 0) is 92.9 Å². The molecule has 4 atom stereocenters. The Balaban J connectivity index is 1.35. The van der Waals surface area contributed by atoms with Crippen molar-refractivity contribution < 1.29 is 22.7 Å². The Labute approximate surface area is 277 Å². The molecule has 250 valence electrons. The van der Waals surface area contributed by atoms with Crippen LogP contribution >= 0.6 is 0 Å². The Morgan fingerprint density at radius 2 is 1.77 bits per heavy atom. The number of methoxy groups -OCH3 is 1. The molecular formula is C36H45N5O5S. The molecular weight excluding hydrogens is 614 g/mol. The lowest BCUT2D eigenvalue weighted by Gasteiger charge is -2.45. The molecule has 5 aliphatic rings. The zero-order valence-corrected chi connectivity index (χ0v) is 28.6. The number of ether oxygens (including phenoxy) is 1. The summed E-state index contributed by atoms with van der Waals surface area (Å²) in [6.07, 6.45) is 8.64. The minimum absolute atomic E-state index is 0.0252. The predicted octanol–water partition coefficient (Wildman–Crippen LogP) is 4.79. The highest BCUT2D eigenvalue weighted by Crippen LogP contribution is 2.67. The Morgan fingerprint density at radius 3 is 2.51 bits per heavy atom. The van der Waals surface area contributed by atoms with Gasteiger partial charge in [0.2, 0.25) is 5.91 Å². The van der Waals surface area contributed by atoms with Crippen molar-refractivity contribution in [1.29, 1.82) is 0 Å². The molecule has 2 saturated heterocycles. The second kappa shape index (κ2) is 11.1. The van der Waals surface area contributed by atoms with Gasteiger partial charge in [-0.15, -0.1) is 0 Å². The molecule has 10 nitrogen and oxygen atoms in total. The van der Waals surface area contributed by atoms with E-state index in [0.717, 1.165) is 83.0 Å². The molecule has 3 aliphatic heterocycles. The maximum absolute atomic E-state index is 15.2. The summed E-state index contributed by atoms with van der Waals surface area (Å²) in [5.41, 5.74) is 4.89. The predicted molar refractivity (Wildman–Crippen MR) is 181 cm³/mol. The average molecular weight is 660 g/mol. The van der Waals surface area contributed by atoms with E-state index in [1.54, 1.807) is 13.2 Å². The lowest BCUT2D eigenvalue weighted by molar-refractivity contribution is -0.142. The van der Waals surface area contributed by atoms with E-state index in [0.29, 0.717) is 24.9 Å². The molecule has 1 aromatic heterocycles. The molecule has 4 unspecified atom stereocenters. The highest BCUT2D eigenvalue weighted by atomic mass is 32.2. The van der Waals surface area contributed by atoms with Crippen molar-refractivity contribution in [1.82, 2.24) is 23.4 Å². The monoisotopic (exact) mass is 659 g/mol. The molecule has 11 heteroatoms. The Bertz CT molecular complexity index is 1900. The second-order valence-electron chi connectivity index (χ2n) is 14.5. The SMILES string of the molecule is COc1ccc2c(c1)C1CC1(C(=O)N1CCN3CCCC3C1C)n1c-2c(C2CCCCC2)c2ccc(C(=O)NS(=O)(=O)N(C)C)cc21. The molecule has 47 heavy (non-hydrogen) atoms. The highest BCUT2D eigenvalue weighted by Gasteiger charge is 2.68. The molecule has 2 aliphatic carbocycles. The van der Waals surface area contributed by atoms with Crippen molar-refractivity contribution >= 4 is 32.9 Å². The van der Waals surface area contributed by atoms with Crippen molar-refractivity contribution in [2.75, 3.05) is 40.8 Å². The van der Waals surface area contributed by atoms with E-state index in [9.17, 15) is 13.2 Å². The van der Waals surface area contributed by atoms with E-state index in [1.165, 1.54) is 32.5 Å². The van der Waals surface area contributed by atoms with Gasteiger partial charge in [0.1, 0.15) is 11.3 Å². The molecule has 2 aromatic carbocycles.